The minimum atomic E-state index is -4.55. The zero-order valence-corrected chi connectivity index (χ0v) is 7.30. The van der Waals surface area contributed by atoms with E-state index in [1.54, 1.807) is 0 Å². The molecule has 0 radical (unpaired) electrons. The van der Waals surface area contributed by atoms with Crippen molar-refractivity contribution in [2.45, 2.75) is 6.18 Å². The minimum Gasteiger partial charge on any atom is -0.508 e. The van der Waals surface area contributed by atoms with Crippen LogP contribution in [0.5, 0.6) is 5.75 Å². The maximum absolute atomic E-state index is 12.2. The van der Waals surface area contributed by atoms with Crippen molar-refractivity contribution in [3.8, 4) is 17.6 Å². The molecule has 0 spiro atoms. The Morgan fingerprint density at radius 1 is 1.27 bits per heavy atom. The molecule has 0 unspecified atom stereocenters. The quantitative estimate of drug-likeness (QED) is 0.529. The molecule has 2 nitrogen and oxygen atoms in total. The number of rotatable bonds is 0. The number of benzene rings is 1. The first kappa shape index (κ1) is 11.1. The monoisotopic (exact) mass is 214 g/mol. The first-order chi connectivity index (χ1) is 6.93. The number of phenols is 1. The summed E-state index contributed by atoms with van der Waals surface area (Å²) >= 11 is 0. The van der Waals surface area contributed by atoms with Crippen molar-refractivity contribution in [1.29, 1.82) is 0 Å². The van der Waals surface area contributed by atoms with Gasteiger partial charge in [-0.1, -0.05) is 5.92 Å². The molecule has 0 saturated carbocycles. The fourth-order valence-electron chi connectivity index (χ4n) is 0.960. The Hall–Kier alpha value is -1.96. The van der Waals surface area contributed by atoms with Crippen molar-refractivity contribution < 1.29 is 23.1 Å². The predicted molar refractivity (Wildman–Crippen MR) is 46.1 cm³/mol. The van der Waals surface area contributed by atoms with Crippen LogP contribution in [-0.2, 0) is 11.0 Å². The summed E-state index contributed by atoms with van der Waals surface area (Å²) in [5, 5.41) is 9.00. The second-order valence-corrected chi connectivity index (χ2v) is 2.65. The fourth-order valence-corrected chi connectivity index (χ4v) is 0.960. The van der Waals surface area contributed by atoms with Gasteiger partial charge in [-0.15, -0.1) is 0 Å². The molecule has 0 aromatic heterocycles. The van der Waals surface area contributed by atoms with E-state index in [-0.39, 0.29) is 11.8 Å². The van der Waals surface area contributed by atoms with E-state index in [4.69, 9.17) is 5.11 Å². The molecule has 0 saturated heterocycles. The summed E-state index contributed by atoms with van der Waals surface area (Å²) in [5.74, 6) is 3.59. The summed E-state index contributed by atoms with van der Waals surface area (Å²) in [6.07, 6.45) is -4.28. The number of halogens is 3. The average Bonchev–Trinajstić information content (AvgIpc) is 2.12. The van der Waals surface area contributed by atoms with Crippen molar-refractivity contribution in [2.75, 3.05) is 0 Å². The molecule has 1 N–H and O–H groups in total. The first-order valence-corrected chi connectivity index (χ1v) is 3.80. The van der Waals surface area contributed by atoms with E-state index in [2.05, 4.69) is 5.92 Å². The Bertz CT molecular complexity index is 438. The lowest BCUT2D eigenvalue weighted by Gasteiger charge is -2.07. The van der Waals surface area contributed by atoms with E-state index >= 15 is 0 Å². The van der Waals surface area contributed by atoms with Gasteiger partial charge in [0.25, 0.3) is 0 Å². The first-order valence-electron chi connectivity index (χ1n) is 3.80. The summed E-state index contributed by atoms with van der Waals surface area (Å²) < 4.78 is 36.7. The predicted octanol–water partition coefficient (Wildman–Crippen LogP) is 1.96. The van der Waals surface area contributed by atoms with Crippen LogP contribution in [0.3, 0.4) is 0 Å². The molecule has 15 heavy (non-hydrogen) atoms. The van der Waals surface area contributed by atoms with Gasteiger partial charge in [0.15, 0.2) is 6.29 Å². The van der Waals surface area contributed by atoms with Crippen LogP contribution >= 0.6 is 0 Å². The number of aldehydes is 1. The highest BCUT2D eigenvalue weighted by Crippen LogP contribution is 2.32. The van der Waals surface area contributed by atoms with Crippen LogP contribution in [0, 0.1) is 11.8 Å². The number of phenolic OH excluding ortho intramolecular Hbond substituents is 1. The Morgan fingerprint density at radius 3 is 2.47 bits per heavy atom. The Kier molecular flexibility index (Phi) is 3.00. The van der Waals surface area contributed by atoms with E-state index in [9.17, 15) is 18.0 Å². The van der Waals surface area contributed by atoms with Crippen molar-refractivity contribution in [2.24, 2.45) is 0 Å². The largest absolute Gasteiger partial charge is 0.508 e. The number of aromatic hydroxyl groups is 1. The highest BCUT2D eigenvalue weighted by Gasteiger charge is 2.31. The molecule has 0 bridgehead atoms. The Balaban J connectivity index is 3.22. The van der Waals surface area contributed by atoms with Gasteiger partial charge in [-0.3, -0.25) is 4.79 Å². The third kappa shape index (κ3) is 3.02. The lowest BCUT2D eigenvalue weighted by molar-refractivity contribution is -0.137. The zero-order valence-electron chi connectivity index (χ0n) is 7.30. The number of alkyl halides is 3. The van der Waals surface area contributed by atoms with E-state index in [0.717, 1.165) is 12.1 Å². The molecular weight excluding hydrogens is 209 g/mol. The van der Waals surface area contributed by atoms with Gasteiger partial charge in [0.05, 0.1) is 5.56 Å². The van der Waals surface area contributed by atoms with Gasteiger partial charge < -0.3 is 5.11 Å². The summed E-state index contributed by atoms with van der Waals surface area (Å²) in [7, 11) is 0. The number of hydrogen-bond acceptors (Lipinski definition) is 2. The Labute approximate surface area is 83.3 Å². The van der Waals surface area contributed by atoms with Crippen LogP contribution in [0.15, 0.2) is 18.2 Å². The van der Waals surface area contributed by atoms with Crippen molar-refractivity contribution in [3.05, 3.63) is 29.3 Å². The smallest absolute Gasteiger partial charge is 0.416 e. The summed E-state index contributed by atoms with van der Waals surface area (Å²) in [4.78, 5) is 9.89. The van der Waals surface area contributed by atoms with Crippen LogP contribution in [0.4, 0.5) is 13.2 Å². The molecule has 0 heterocycles. The molecule has 0 aliphatic heterocycles. The van der Waals surface area contributed by atoms with E-state index in [0.29, 0.717) is 6.07 Å². The zero-order chi connectivity index (χ0) is 11.5. The molecule has 0 fully saturated rings. The van der Waals surface area contributed by atoms with E-state index in [1.807, 2.05) is 5.92 Å². The summed E-state index contributed by atoms with van der Waals surface area (Å²) in [5.41, 5.74) is -1.06. The molecule has 1 rings (SSSR count). The number of carbonyl (C=O) groups is 1. The SMILES string of the molecule is O=CC#Cc1cc(O)cc(C(F)(F)F)c1. The summed E-state index contributed by atoms with van der Waals surface area (Å²) in [6, 6.07) is 2.40. The van der Waals surface area contributed by atoms with E-state index < -0.39 is 17.5 Å². The minimum absolute atomic E-state index is 0.0607. The van der Waals surface area contributed by atoms with E-state index in [1.165, 1.54) is 0 Å². The number of carbonyl (C=O) groups excluding carboxylic acids is 1. The normalized spacial score (nSPS) is 10.3. The third-order valence-corrected chi connectivity index (χ3v) is 1.52. The fraction of sp³-hybridized carbons (Fsp3) is 0.100. The van der Waals surface area contributed by atoms with Crippen molar-refractivity contribution in [3.63, 3.8) is 0 Å². The molecular formula is C10H5F3O2. The van der Waals surface area contributed by atoms with Crippen LogP contribution in [0.25, 0.3) is 0 Å². The van der Waals surface area contributed by atoms with Crippen LogP contribution < -0.4 is 0 Å². The second-order valence-electron chi connectivity index (χ2n) is 2.65. The van der Waals surface area contributed by atoms with Gasteiger partial charge in [-0.05, 0) is 24.1 Å². The maximum Gasteiger partial charge on any atom is 0.416 e. The number of hydrogen-bond donors (Lipinski definition) is 1. The molecule has 0 atom stereocenters. The molecule has 1 aromatic rings. The molecule has 1 aromatic carbocycles. The second kappa shape index (κ2) is 4.05. The van der Waals surface area contributed by atoms with Crippen LogP contribution in [0.1, 0.15) is 11.1 Å². The highest BCUT2D eigenvalue weighted by atomic mass is 19.4. The summed E-state index contributed by atoms with van der Waals surface area (Å²) in [6.45, 7) is 0. The van der Waals surface area contributed by atoms with Crippen LogP contribution in [-0.4, -0.2) is 11.4 Å². The molecule has 78 valence electrons. The maximum atomic E-state index is 12.2. The Morgan fingerprint density at radius 2 is 1.93 bits per heavy atom. The molecule has 5 heteroatoms. The topological polar surface area (TPSA) is 37.3 Å². The van der Waals surface area contributed by atoms with Crippen molar-refractivity contribution >= 4 is 6.29 Å². The molecule has 0 aliphatic rings. The van der Waals surface area contributed by atoms with Crippen molar-refractivity contribution in [1.82, 2.24) is 0 Å². The van der Waals surface area contributed by atoms with Gasteiger partial charge >= 0.3 is 6.18 Å². The third-order valence-electron chi connectivity index (χ3n) is 1.52. The molecule has 0 aliphatic carbocycles. The van der Waals surface area contributed by atoms with Gasteiger partial charge in [0.2, 0.25) is 0 Å². The van der Waals surface area contributed by atoms with Crippen LogP contribution in [0.2, 0.25) is 0 Å². The molecule has 0 amide bonds. The van der Waals surface area contributed by atoms with Gasteiger partial charge in [0, 0.05) is 5.56 Å². The lowest BCUT2D eigenvalue weighted by atomic mass is 10.1. The average molecular weight is 214 g/mol. The lowest BCUT2D eigenvalue weighted by Crippen LogP contribution is -2.04. The standard InChI is InChI=1S/C10H5F3O2/c11-10(12,13)8-4-7(2-1-3-14)5-9(15)6-8/h3-6,15H. The van der Waals surface area contributed by atoms with Gasteiger partial charge in [-0.2, -0.15) is 13.2 Å². The van der Waals surface area contributed by atoms with Gasteiger partial charge in [0.1, 0.15) is 5.75 Å². The highest BCUT2D eigenvalue weighted by molar-refractivity contribution is 5.74. The van der Waals surface area contributed by atoms with Gasteiger partial charge in [-0.25, -0.2) is 0 Å².